The maximum absolute atomic E-state index is 13.7. The normalized spacial score (nSPS) is 12.8. The average molecular weight is 502 g/mol. The molecule has 3 rings (SSSR count). The molecular weight excluding hydrogens is 462 g/mol. The summed E-state index contributed by atoms with van der Waals surface area (Å²) in [5, 5.41) is 3.11. The molecule has 2 atom stereocenters. The molecule has 0 aliphatic rings. The largest absolute Gasteiger partial charge is 0.347 e. The molecule has 1 amide bonds. The lowest BCUT2D eigenvalue weighted by Crippen LogP contribution is -2.39. The van der Waals surface area contributed by atoms with E-state index in [2.05, 4.69) is 43.4 Å². The molecule has 0 spiro atoms. The number of amides is 1. The SMILES string of the molecule is CCCC(C(=O)N[C@@H](CC(C)=O)c1cccc(-c2c(C)cccc2C)c1)n1cc(CN(C)C)ccc1=O. The number of aromatic nitrogens is 1. The molecule has 0 fully saturated rings. The second-order valence-electron chi connectivity index (χ2n) is 10.2. The lowest BCUT2D eigenvalue weighted by molar-refractivity contribution is -0.125. The summed E-state index contributed by atoms with van der Waals surface area (Å²) in [6.45, 7) is 8.37. The van der Waals surface area contributed by atoms with E-state index in [-0.39, 0.29) is 23.7 Å². The molecule has 6 nitrogen and oxygen atoms in total. The smallest absolute Gasteiger partial charge is 0.251 e. The van der Waals surface area contributed by atoms with Gasteiger partial charge in [0.05, 0.1) is 6.04 Å². The van der Waals surface area contributed by atoms with E-state index in [1.54, 1.807) is 12.3 Å². The Balaban J connectivity index is 1.97. The van der Waals surface area contributed by atoms with E-state index in [9.17, 15) is 14.4 Å². The average Bonchev–Trinajstić information content (AvgIpc) is 2.83. The van der Waals surface area contributed by atoms with Crippen LogP contribution in [0.1, 0.15) is 67.4 Å². The van der Waals surface area contributed by atoms with Crippen LogP contribution < -0.4 is 10.9 Å². The fourth-order valence-electron chi connectivity index (χ4n) is 4.91. The highest BCUT2D eigenvalue weighted by Crippen LogP contribution is 2.30. The fraction of sp³-hybridized carbons (Fsp3) is 0.387. The molecule has 0 saturated heterocycles. The van der Waals surface area contributed by atoms with E-state index in [0.29, 0.717) is 13.0 Å². The van der Waals surface area contributed by atoms with Crippen molar-refractivity contribution in [3.63, 3.8) is 0 Å². The summed E-state index contributed by atoms with van der Waals surface area (Å²) in [5.74, 6) is -0.269. The van der Waals surface area contributed by atoms with Crippen molar-refractivity contribution in [2.75, 3.05) is 14.1 Å². The van der Waals surface area contributed by atoms with Crippen molar-refractivity contribution in [2.24, 2.45) is 0 Å². The summed E-state index contributed by atoms with van der Waals surface area (Å²) in [6.07, 6.45) is 3.22. The number of benzene rings is 2. The standard InChI is InChI=1S/C31H39N3O3/c1-7-10-28(34-20-24(19-33(5)6)15-16-29(34)36)31(37)32-27(17-23(4)35)25-13-9-14-26(18-25)30-21(2)11-8-12-22(30)3/h8-9,11-16,18,20,27-28H,7,10,17,19H2,1-6H3,(H,32,37)/t27-,28?/m0/s1. The van der Waals surface area contributed by atoms with Crippen LogP contribution in [-0.2, 0) is 16.1 Å². The summed E-state index contributed by atoms with van der Waals surface area (Å²) < 4.78 is 1.54. The molecule has 37 heavy (non-hydrogen) atoms. The van der Waals surface area contributed by atoms with Gasteiger partial charge in [0.2, 0.25) is 5.91 Å². The molecule has 1 unspecified atom stereocenters. The third-order valence-corrected chi connectivity index (χ3v) is 6.57. The first kappa shape index (κ1) is 28.1. The quantitative estimate of drug-likeness (QED) is 0.383. The predicted molar refractivity (Wildman–Crippen MR) is 150 cm³/mol. The zero-order valence-corrected chi connectivity index (χ0v) is 22.9. The van der Waals surface area contributed by atoms with Gasteiger partial charge in [-0.1, -0.05) is 55.8 Å². The van der Waals surface area contributed by atoms with Gasteiger partial charge in [0.25, 0.3) is 5.56 Å². The van der Waals surface area contributed by atoms with Crippen molar-refractivity contribution in [1.82, 2.24) is 14.8 Å². The van der Waals surface area contributed by atoms with Crippen LogP contribution in [0.5, 0.6) is 0 Å². The molecular formula is C31H39N3O3. The lowest BCUT2D eigenvalue weighted by Gasteiger charge is -2.25. The second-order valence-corrected chi connectivity index (χ2v) is 10.2. The van der Waals surface area contributed by atoms with E-state index >= 15 is 0 Å². The van der Waals surface area contributed by atoms with Crippen LogP contribution in [0.4, 0.5) is 0 Å². The van der Waals surface area contributed by atoms with Crippen LogP contribution >= 0.6 is 0 Å². The van der Waals surface area contributed by atoms with Crippen LogP contribution in [0, 0.1) is 13.8 Å². The Morgan fingerprint density at radius 2 is 1.68 bits per heavy atom. The van der Waals surface area contributed by atoms with Gasteiger partial charge in [-0.15, -0.1) is 0 Å². The Morgan fingerprint density at radius 3 is 2.30 bits per heavy atom. The van der Waals surface area contributed by atoms with Crippen molar-refractivity contribution < 1.29 is 9.59 Å². The summed E-state index contributed by atoms with van der Waals surface area (Å²) in [5.41, 5.74) is 6.16. The third-order valence-electron chi connectivity index (χ3n) is 6.57. The number of rotatable bonds is 11. The highest BCUT2D eigenvalue weighted by atomic mass is 16.2. The minimum atomic E-state index is -0.657. The maximum atomic E-state index is 13.7. The molecule has 2 aromatic carbocycles. The first-order valence-corrected chi connectivity index (χ1v) is 12.9. The molecule has 0 bridgehead atoms. The van der Waals surface area contributed by atoms with E-state index in [1.807, 2.05) is 44.1 Å². The van der Waals surface area contributed by atoms with Crippen LogP contribution in [0.15, 0.2) is 65.6 Å². The van der Waals surface area contributed by atoms with Gasteiger partial charge >= 0.3 is 0 Å². The maximum Gasteiger partial charge on any atom is 0.251 e. The van der Waals surface area contributed by atoms with Crippen LogP contribution in [0.3, 0.4) is 0 Å². The van der Waals surface area contributed by atoms with Gasteiger partial charge < -0.3 is 14.8 Å². The van der Waals surface area contributed by atoms with Crippen molar-refractivity contribution in [1.29, 1.82) is 0 Å². The highest BCUT2D eigenvalue weighted by Gasteiger charge is 2.25. The van der Waals surface area contributed by atoms with E-state index in [0.717, 1.165) is 28.7 Å². The Morgan fingerprint density at radius 1 is 1.00 bits per heavy atom. The summed E-state index contributed by atoms with van der Waals surface area (Å²) in [4.78, 5) is 40.7. The number of carbonyl (C=O) groups is 2. The van der Waals surface area contributed by atoms with Crippen molar-refractivity contribution in [3.05, 3.63) is 93.4 Å². The molecule has 1 N–H and O–H groups in total. The molecule has 6 heteroatoms. The van der Waals surface area contributed by atoms with Crippen LogP contribution in [-0.4, -0.2) is 35.3 Å². The van der Waals surface area contributed by atoms with E-state index in [4.69, 9.17) is 0 Å². The minimum absolute atomic E-state index is 0.0139. The third kappa shape index (κ3) is 7.26. The number of nitrogens with zero attached hydrogens (tertiary/aromatic N) is 2. The minimum Gasteiger partial charge on any atom is -0.347 e. The Bertz CT molecular complexity index is 1290. The number of Topliss-reactive ketones (excluding diaryl/α,β-unsaturated/α-hetero) is 1. The fourth-order valence-corrected chi connectivity index (χ4v) is 4.91. The lowest BCUT2D eigenvalue weighted by atomic mass is 9.92. The Kier molecular flexibility index (Phi) is 9.59. The number of pyridine rings is 1. The van der Waals surface area contributed by atoms with Crippen molar-refractivity contribution in [3.8, 4) is 11.1 Å². The monoisotopic (exact) mass is 501 g/mol. The topological polar surface area (TPSA) is 71.4 Å². The summed E-state index contributed by atoms with van der Waals surface area (Å²) in [7, 11) is 3.93. The van der Waals surface area contributed by atoms with Crippen LogP contribution in [0.25, 0.3) is 11.1 Å². The number of nitrogens with one attached hydrogen (secondary N) is 1. The molecule has 196 valence electrons. The van der Waals surface area contributed by atoms with Crippen molar-refractivity contribution in [2.45, 2.75) is 65.6 Å². The van der Waals surface area contributed by atoms with Gasteiger partial charge in [-0.2, -0.15) is 0 Å². The van der Waals surface area contributed by atoms with Gasteiger partial charge in [0.15, 0.2) is 0 Å². The highest BCUT2D eigenvalue weighted by molar-refractivity contribution is 5.83. The van der Waals surface area contributed by atoms with Gasteiger partial charge in [0.1, 0.15) is 11.8 Å². The Hall–Kier alpha value is -3.51. The van der Waals surface area contributed by atoms with Gasteiger partial charge in [-0.25, -0.2) is 0 Å². The van der Waals surface area contributed by atoms with E-state index in [1.165, 1.54) is 28.7 Å². The predicted octanol–water partition coefficient (Wildman–Crippen LogP) is 5.37. The van der Waals surface area contributed by atoms with Gasteiger partial charge in [-0.3, -0.25) is 14.4 Å². The zero-order chi connectivity index (χ0) is 27.1. The number of ketones is 1. The molecule has 1 aromatic heterocycles. The Labute approximate surface area is 220 Å². The number of carbonyl (C=O) groups excluding carboxylic acids is 2. The first-order valence-electron chi connectivity index (χ1n) is 12.9. The molecule has 0 aliphatic carbocycles. The second kappa shape index (κ2) is 12.6. The zero-order valence-electron chi connectivity index (χ0n) is 22.9. The van der Waals surface area contributed by atoms with Gasteiger partial charge in [-0.05, 0) is 80.7 Å². The number of hydrogen-bond donors (Lipinski definition) is 1. The van der Waals surface area contributed by atoms with Crippen LogP contribution in [0.2, 0.25) is 0 Å². The van der Waals surface area contributed by atoms with Gasteiger partial charge in [0, 0.05) is 25.2 Å². The van der Waals surface area contributed by atoms with Crippen molar-refractivity contribution >= 4 is 11.7 Å². The first-order chi connectivity index (χ1) is 17.6. The molecule has 0 aliphatic heterocycles. The molecule has 1 heterocycles. The molecule has 3 aromatic rings. The molecule has 0 radical (unpaired) electrons. The number of aryl methyl sites for hydroxylation is 2. The number of hydrogen-bond acceptors (Lipinski definition) is 4. The summed E-state index contributed by atoms with van der Waals surface area (Å²) >= 11 is 0. The van der Waals surface area contributed by atoms with E-state index < -0.39 is 12.1 Å². The summed E-state index contributed by atoms with van der Waals surface area (Å²) in [6, 6.07) is 16.4. The molecule has 0 saturated carbocycles.